The molecule has 0 radical (unpaired) electrons. The minimum Gasteiger partial charge on any atom is -0.347 e. The first kappa shape index (κ1) is 81.8. The number of carbonyl (C=O) groups is 12. The highest BCUT2D eigenvalue weighted by Gasteiger charge is 2.47. The number of rotatable bonds is 15. The van der Waals surface area contributed by atoms with Crippen LogP contribution in [0.3, 0.4) is 0 Å². The van der Waals surface area contributed by atoms with Gasteiger partial charge >= 0.3 is 6.18 Å². The summed E-state index contributed by atoms with van der Waals surface area (Å²) < 4.78 is 41.6. The summed E-state index contributed by atoms with van der Waals surface area (Å²) in [6.45, 7) is 15.0. The van der Waals surface area contributed by atoms with Gasteiger partial charge in [0.2, 0.25) is 70.9 Å². The Hall–Kier alpha value is -7.84. The molecule has 24 nitrogen and oxygen atoms in total. The zero-order chi connectivity index (χ0) is 74.4. The van der Waals surface area contributed by atoms with Crippen molar-refractivity contribution in [3.8, 4) is 0 Å². The van der Waals surface area contributed by atoms with E-state index in [2.05, 4.69) is 10.6 Å². The fourth-order valence-corrected chi connectivity index (χ4v) is 13.2. The van der Waals surface area contributed by atoms with Gasteiger partial charge in [-0.1, -0.05) is 115 Å². The van der Waals surface area contributed by atoms with Crippen LogP contribution in [0.2, 0.25) is 5.02 Å². The first-order valence-electron chi connectivity index (χ1n) is 34.5. The number of likely N-dealkylation sites (N-methyl/N-ethyl adjacent to an activating group) is 7. The van der Waals surface area contributed by atoms with E-state index in [1.807, 2.05) is 53.7 Å². The van der Waals surface area contributed by atoms with Crippen molar-refractivity contribution in [3.63, 3.8) is 0 Å². The number of nitrogens with zero attached hydrogens (tertiary/aromatic N) is 10. The second-order valence-electron chi connectivity index (χ2n) is 27.8. The van der Waals surface area contributed by atoms with Crippen LogP contribution < -0.4 is 10.6 Å². The normalized spacial score (nSPS) is 25.0. The predicted molar refractivity (Wildman–Crippen MR) is 368 cm³/mol. The van der Waals surface area contributed by atoms with Gasteiger partial charge in [0.05, 0.1) is 30.1 Å². The molecule has 0 saturated carbocycles. The monoisotopic (exact) mass is 1410 g/mol. The van der Waals surface area contributed by atoms with Gasteiger partial charge in [0.15, 0.2) is 0 Å². The second-order valence-corrected chi connectivity index (χ2v) is 28.2. The van der Waals surface area contributed by atoms with Crippen molar-refractivity contribution >= 4 is 82.5 Å². The molecule has 11 atom stereocenters. The number of aryl methyl sites for hydroxylation is 2. The first-order valence-corrected chi connectivity index (χ1v) is 34.9. The van der Waals surface area contributed by atoms with Gasteiger partial charge in [0, 0.05) is 82.4 Å². The number of unbranched alkanes of at least 4 members (excludes halogenated alkanes) is 1. The van der Waals surface area contributed by atoms with Gasteiger partial charge < -0.3 is 59.6 Å². The lowest BCUT2D eigenvalue weighted by Gasteiger charge is -2.45. The smallest absolute Gasteiger partial charge is 0.347 e. The van der Waals surface area contributed by atoms with Crippen molar-refractivity contribution in [3.05, 3.63) is 69.7 Å². The van der Waals surface area contributed by atoms with Crippen LogP contribution in [0.5, 0.6) is 0 Å². The molecule has 0 bridgehead atoms. The zero-order valence-corrected chi connectivity index (χ0v) is 61.6. The SMILES string of the molecule is CCCCN1CC(=O)N(C)[C@@H]([C@@H](C)CC)C(=O)N(C)[C@H](C(=O)N(C)C)CC(=O)N(C)[C@@H](CC(C)C)C(=O)N[C@@H]([C@@H](C)CC)C(=O)N(C)[C@@H](C)C(=O)N2CC[C@H]2C(=O)N(C)[C@@H](Cc2ccc(C)cc2)C(=O)N(C)CC(=O)N[C@@H](CCc2ccc(C(F)(F)F)c(Cl)c2)C(=O)N2CCC[C@H]2C1=O. The molecule has 28 heteroatoms. The van der Waals surface area contributed by atoms with Crippen LogP contribution >= 0.6 is 11.6 Å². The quantitative estimate of drug-likeness (QED) is 0.231. The molecule has 3 heterocycles. The van der Waals surface area contributed by atoms with Gasteiger partial charge in [-0.15, -0.1) is 0 Å². The van der Waals surface area contributed by atoms with Crippen LogP contribution in [0.4, 0.5) is 13.2 Å². The van der Waals surface area contributed by atoms with E-state index in [4.69, 9.17) is 11.6 Å². The average Bonchev–Trinajstić information content (AvgIpc) is 1.34. The molecule has 0 aromatic heterocycles. The molecule has 3 saturated heterocycles. The maximum atomic E-state index is 15.2. The fourth-order valence-electron chi connectivity index (χ4n) is 12.9. The molecular weight excluding hydrogens is 1310 g/mol. The Morgan fingerprint density at radius 2 is 1.26 bits per heavy atom. The van der Waals surface area contributed by atoms with Crippen LogP contribution in [0, 0.1) is 24.7 Å². The van der Waals surface area contributed by atoms with Crippen molar-refractivity contribution in [2.75, 3.05) is 89.1 Å². The van der Waals surface area contributed by atoms with Crippen molar-refractivity contribution in [1.82, 2.24) is 59.6 Å². The number of hydrogen-bond acceptors (Lipinski definition) is 12. The van der Waals surface area contributed by atoms with E-state index < -0.39 is 173 Å². The first-order chi connectivity index (χ1) is 46.3. The molecule has 2 aromatic carbocycles. The third-order valence-electron chi connectivity index (χ3n) is 20.0. The van der Waals surface area contributed by atoms with Crippen molar-refractivity contribution < 1.29 is 70.7 Å². The highest BCUT2D eigenvalue weighted by molar-refractivity contribution is 6.31. The number of hydrogen-bond donors (Lipinski definition) is 2. The summed E-state index contributed by atoms with van der Waals surface area (Å²) in [6, 6.07) is -1.01. The minimum absolute atomic E-state index is 0.0206. The highest BCUT2D eigenvalue weighted by atomic mass is 35.5. The maximum Gasteiger partial charge on any atom is 0.417 e. The Balaban J connectivity index is 1.65. The van der Waals surface area contributed by atoms with Crippen molar-refractivity contribution in [2.45, 2.75) is 200 Å². The van der Waals surface area contributed by atoms with Gasteiger partial charge in [-0.3, -0.25) is 57.5 Å². The van der Waals surface area contributed by atoms with E-state index >= 15 is 14.4 Å². The third kappa shape index (κ3) is 20.4. The average molecular weight is 1410 g/mol. The van der Waals surface area contributed by atoms with E-state index in [9.17, 15) is 56.3 Å². The van der Waals surface area contributed by atoms with Crippen LogP contribution in [0.25, 0.3) is 0 Å². The van der Waals surface area contributed by atoms with Crippen LogP contribution in [-0.2, 0) is 76.6 Å². The molecule has 12 amide bonds. The lowest BCUT2D eigenvalue weighted by Crippen LogP contribution is -2.65. The minimum atomic E-state index is -4.77. The predicted octanol–water partition coefficient (Wildman–Crippen LogP) is 5.28. The Morgan fingerprint density at radius 3 is 1.82 bits per heavy atom. The number of fused-ring (bicyclic) bond motifs is 2. The van der Waals surface area contributed by atoms with Gasteiger partial charge in [0.25, 0.3) is 0 Å². The molecule has 2 N–H and O–H groups in total. The molecule has 3 aliphatic heterocycles. The molecule has 0 spiro atoms. The van der Waals surface area contributed by atoms with Crippen molar-refractivity contribution in [2.24, 2.45) is 17.8 Å². The lowest BCUT2D eigenvalue weighted by atomic mass is 9.94. The molecule has 3 fully saturated rings. The summed E-state index contributed by atoms with van der Waals surface area (Å²) in [5.41, 5.74) is 0.761. The number of benzene rings is 2. The molecule has 99 heavy (non-hydrogen) atoms. The van der Waals surface area contributed by atoms with E-state index in [0.29, 0.717) is 37.7 Å². The lowest BCUT2D eigenvalue weighted by molar-refractivity contribution is -0.160. The number of nitrogens with one attached hydrogen (secondary N) is 2. The molecule has 0 unspecified atom stereocenters. The topological polar surface area (TPSA) is 261 Å². The molecule has 2 aromatic rings. The summed E-state index contributed by atoms with van der Waals surface area (Å²) >= 11 is 6.15. The van der Waals surface area contributed by atoms with E-state index in [0.717, 1.165) is 27.5 Å². The third-order valence-corrected chi connectivity index (χ3v) is 20.3. The summed E-state index contributed by atoms with van der Waals surface area (Å²) in [5, 5.41) is 5.04. The fraction of sp³-hybridized carbons (Fsp3) is 0.662. The summed E-state index contributed by atoms with van der Waals surface area (Å²) in [7, 11) is 11.2. The van der Waals surface area contributed by atoms with Gasteiger partial charge in [0.1, 0.15) is 54.4 Å². The Kier molecular flexibility index (Phi) is 29.7. The van der Waals surface area contributed by atoms with Crippen LogP contribution in [0.15, 0.2) is 42.5 Å². The largest absolute Gasteiger partial charge is 0.417 e. The van der Waals surface area contributed by atoms with Gasteiger partial charge in [-0.05, 0) is 99.8 Å². The zero-order valence-electron chi connectivity index (χ0n) is 60.9. The Morgan fingerprint density at radius 1 is 0.657 bits per heavy atom. The van der Waals surface area contributed by atoms with E-state index in [1.165, 1.54) is 109 Å². The highest BCUT2D eigenvalue weighted by Crippen LogP contribution is 2.36. The van der Waals surface area contributed by atoms with Crippen LogP contribution in [0.1, 0.15) is 142 Å². The summed E-state index contributed by atoms with van der Waals surface area (Å²) in [5.74, 6) is -9.45. The number of halogens is 4. The molecule has 3 aliphatic rings. The summed E-state index contributed by atoms with van der Waals surface area (Å²) in [4.78, 5) is 190. The Bertz CT molecular complexity index is 3250. The van der Waals surface area contributed by atoms with Crippen LogP contribution in [-0.4, -0.2) is 263 Å². The molecule has 0 aliphatic carbocycles. The number of carbonyl (C=O) groups excluding carboxylic acids is 12. The molecular formula is C71H106ClF3N12O12. The summed E-state index contributed by atoms with van der Waals surface area (Å²) in [6.07, 6.45) is -3.28. The van der Waals surface area contributed by atoms with E-state index in [-0.39, 0.29) is 69.6 Å². The van der Waals surface area contributed by atoms with Gasteiger partial charge in [-0.2, -0.15) is 13.2 Å². The van der Waals surface area contributed by atoms with Gasteiger partial charge in [-0.25, -0.2) is 0 Å². The molecule has 5 rings (SSSR count). The van der Waals surface area contributed by atoms with E-state index in [1.54, 1.807) is 26.0 Å². The standard InChI is InChI=1S/C71H106ClF3N12O12/c1-18-21-33-85-41-59(90)84(17)61(45(8)20-3)70(99)83(16)56(65(94)78(10)11)39-58(89)81(14)54(36-42(4)5)62(91)77-60(44(7)19-2)69(98)80(13)46(9)63(92)87-35-32-53(87)67(96)82(15)55(38-48-26-24-43(6)25-27-48)66(95)79(12)40-57(88)76-51(64(93)86-34-22-23-52(86)68(85)97)31-29-47-28-30-49(50(72)37-47)71(73,74)75/h24-28,30,37,42,44-46,51-56,60-61H,18-23,29,31-36,38-41H2,1-17H3,(H,76,88)(H,77,91)/t44-,45-,46-,51-,52-,53-,54-,55-,56-,60-,61-/m0/s1. The molecule has 550 valence electrons. The maximum absolute atomic E-state index is 15.2. The number of alkyl halides is 3. The second kappa shape index (κ2) is 36.0. The van der Waals surface area contributed by atoms with Crippen molar-refractivity contribution in [1.29, 1.82) is 0 Å². The number of amides is 12. The Labute approximate surface area is 586 Å².